The summed E-state index contributed by atoms with van der Waals surface area (Å²) in [4.78, 5) is 47.7. The maximum absolute atomic E-state index is 12.1. The van der Waals surface area contributed by atoms with Crippen molar-refractivity contribution in [1.82, 2.24) is 0 Å². The summed E-state index contributed by atoms with van der Waals surface area (Å²) in [5, 5.41) is 0. The van der Waals surface area contributed by atoms with Gasteiger partial charge in [-0.2, -0.15) is 0 Å². The topological polar surface area (TPSA) is 142 Å². The molecule has 41 heavy (non-hydrogen) atoms. The Morgan fingerprint density at radius 2 is 1.12 bits per heavy atom. The Hall–Kier alpha value is -3.41. The number of rotatable bonds is 13. The Morgan fingerprint density at radius 3 is 1.59 bits per heavy atom. The normalized spacial score (nSPS) is 22.0. The van der Waals surface area contributed by atoms with Crippen LogP contribution in [0.3, 0.4) is 0 Å². The molecule has 1 aliphatic rings. The number of hydrogen-bond acceptors (Lipinski definition) is 12. The van der Waals surface area contributed by atoms with E-state index in [9.17, 15) is 19.2 Å². The SMILES string of the molecule is CC(=O)OCC1O[C@@H](OP(OCc2ccccc2)OCc2ccccc2)C(OC(C)=O)[C@@H](OC(C)=O)[C@H]1OC(C)=O. The van der Waals surface area contributed by atoms with Crippen LogP contribution in [0.25, 0.3) is 0 Å². The molecule has 0 aromatic heterocycles. The summed E-state index contributed by atoms with van der Waals surface area (Å²) < 4.78 is 45.5. The molecule has 1 fully saturated rings. The fourth-order valence-corrected chi connectivity index (χ4v) is 4.90. The molecule has 12 nitrogen and oxygen atoms in total. The maximum atomic E-state index is 12.1. The highest BCUT2D eigenvalue weighted by atomic mass is 31.2. The fraction of sp³-hybridized carbons (Fsp3) is 0.429. The monoisotopic (exact) mass is 592 g/mol. The lowest BCUT2D eigenvalue weighted by molar-refractivity contribution is -0.290. The van der Waals surface area contributed by atoms with Crippen LogP contribution in [0.15, 0.2) is 60.7 Å². The van der Waals surface area contributed by atoms with Crippen LogP contribution in [-0.2, 0) is 69.6 Å². The zero-order valence-corrected chi connectivity index (χ0v) is 24.0. The number of benzene rings is 2. The number of carbonyl (C=O) groups excluding carboxylic acids is 4. The van der Waals surface area contributed by atoms with E-state index in [1.807, 2.05) is 60.7 Å². The van der Waals surface area contributed by atoms with Crippen LogP contribution in [0.5, 0.6) is 0 Å². The van der Waals surface area contributed by atoms with Gasteiger partial charge in [0.05, 0.1) is 13.2 Å². The lowest BCUT2D eigenvalue weighted by Crippen LogP contribution is -2.62. The molecule has 0 bridgehead atoms. The second-order valence-electron chi connectivity index (χ2n) is 8.91. The minimum Gasteiger partial charge on any atom is -0.463 e. The van der Waals surface area contributed by atoms with E-state index in [0.717, 1.165) is 31.9 Å². The molecule has 3 rings (SSSR count). The van der Waals surface area contributed by atoms with Crippen LogP contribution < -0.4 is 0 Å². The highest BCUT2D eigenvalue weighted by molar-refractivity contribution is 7.41. The van der Waals surface area contributed by atoms with Crippen LogP contribution in [0, 0.1) is 0 Å². The van der Waals surface area contributed by atoms with Gasteiger partial charge < -0.3 is 32.7 Å². The average molecular weight is 593 g/mol. The van der Waals surface area contributed by atoms with Gasteiger partial charge in [-0.25, -0.2) is 0 Å². The van der Waals surface area contributed by atoms with E-state index in [1.165, 1.54) is 6.92 Å². The molecule has 0 spiro atoms. The van der Waals surface area contributed by atoms with Crippen molar-refractivity contribution >= 4 is 32.5 Å². The molecule has 222 valence electrons. The predicted octanol–water partition coefficient (Wildman–Crippen LogP) is 3.75. The summed E-state index contributed by atoms with van der Waals surface area (Å²) >= 11 is 0. The molecule has 0 amide bonds. The molecule has 5 atom stereocenters. The smallest absolute Gasteiger partial charge is 0.335 e. The van der Waals surface area contributed by atoms with E-state index in [2.05, 4.69) is 0 Å². The predicted molar refractivity (Wildman–Crippen MR) is 142 cm³/mol. The number of esters is 4. The van der Waals surface area contributed by atoms with Crippen LogP contribution in [0.2, 0.25) is 0 Å². The average Bonchev–Trinajstić information content (AvgIpc) is 2.92. The standard InChI is InChI=1S/C28H33O12P/c1-18(29)33-17-24-25(36-19(2)30)26(37-20(3)31)27(38-21(4)32)28(39-24)40-41(34-15-22-11-7-5-8-12-22)35-16-23-13-9-6-10-14-23/h5-14,24-28H,15-17H2,1-4H3/t24?,25-,26-,27?,28-/m0/s1. The summed E-state index contributed by atoms with van der Waals surface area (Å²) in [5.74, 6) is -2.86. The van der Waals surface area contributed by atoms with Crippen LogP contribution in [0.4, 0.5) is 0 Å². The molecule has 0 saturated carbocycles. The molecule has 1 aliphatic heterocycles. The van der Waals surface area contributed by atoms with Gasteiger partial charge in [0, 0.05) is 27.7 Å². The second kappa shape index (κ2) is 16.1. The first-order chi connectivity index (χ1) is 19.6. The maximum Gasteiger partial charge on any atom is 0.335 e. The Balaban J connectivity index is 1.91. The molecule has 0 aliphatic carbocycles. The van der Waals surface area contributed by atoms with Crippen molar-refractivity contribution in [2.75, 3.05) is 6.61 Å². The van der Waals surface area contributed by atoms with Crippen molar-refractivity contribution in [2.45, 2.75) is 71.6 Å². The quantitative estimate of drug-likeness (QED) is 0.190. The van der Waals surface area contributed by atoms with Gasteiger partial charge in [-0.3, -0.25) is 23.7 Å². The van der Waals surface area contributed by atoms with Crippen molar-refractivity contribution < 1.29 is 56.4 Å². The Morgan fingerprint density at radius 1 is 0.659 bits per heavy atom. The zero-order valence-electron chi connectivity index (χ0n) is 23.1. The molecular weight excluding hydrogens is 559 g/mol. The summed E-state index contributed by atoms with van der Waals surface area (Å²) in [5.41, 5.74) is 1.68. The van der Waals surface area contributed by atoms with E-state index < -0.39 is 63.2 Å². The van der Waals surface area contributed by atoms with Gasteiger partial charge in [0.2, 0.25) is 6.29 Å². The van der Waals surface area contributed by atoms with Gasteiger partial charge >= 0.3 is 32.5 Å². The largest absolute Gasteiger partial charge is 0.463 e. The molecular formula is C28H33O12P. The first kappa shape index (κ1) is 32.1. The van der Waals surface area contributed by atoms with Crippen molar-refractivity contribution in [1.29, 1.82) is 0 Å². The zero-order chi connectivity index (χ0) is 29.8. The third kappa shape index (κ3) is 10.8. The second-order valence-corrected chi connectivity index (χ2v) is 10.1. The Kier molecular flexibility index (Phi) is 12.6. The minimum absolute atomic E-state index is 0.118. The van der Waals surface area contributed by atoms with E-state index in [0.29, 0.717) is 0 Å². The van der Waals surface area contributed by atoms with Crippen molar-refractivity contribution in [3.05, 3.63) is 71.8 Å². The molecule has 2 aromatic rings. The van der Waals surface area contributed by atoms with E-state index in [1.54, 1.807) is 0 Å². The molecule has 2 unspecified atom stereocenters. The molecule has 0 radical (unpaired) electrons. The summed E-state index contributed by atoms with van der Waals surface area (Å²) in [6.07, 6.45) is -6.68. The molecule has 1 heterocycles. The lowest BCUT2D eigenvalue weighted by Gasteiger charge is -2.44. The number of hydrogen-bond donors (Lipinski definition) is 0. The number of ether oxygens (including phenoxy) is 5. The third-order valence-corrected chi connectivity index (χ3v) is 6.56. The van der Waals surface area contributed by atoms with Crippen molar-refractivity contribution in [2.24, 2.45) is 0 Å². The first-order valence-electron chi connectivity index (χ1n) is 12.7. The fourth-order valence-electron chi connectivity index (χ4n) is 3.86. The van der Waals surface area contributed by atoms with Gasteiger partial charge in [-0.05, 0) is 11.1 Å². The van der Waals surface area contributed by atoms with Gasteiger partial charge in [-0.15, -0.1) is 0 Å². The highest BCUT2D eigenvalue weighted by Crippen LogP contribution is 2.46. The lowest BCUT2D eigenvalue weighted by atomic mass is 9.98. The van der Waals surface area contributed by atoms with Crippen LogP contribution in [0.1, 0.15) is 38.8 Å². The van der Waals surface area contributed by atoms with Crippen LogP contribution in [-0.4, -0.2) is 61.2 Å². The molecule has 1 saturated heterocycles. The van der Waals surface area contributed by atoms with E-state index >= 15 is 0 Å². The summed E-state index contributed by atoms with van der Waals surface area (Å²) in [6, 6.07) is 18.6. The molecule has 2 aromatic carbocycles. The van der Waals surface area contributed by atoms with Gasteiger partial charge in [0.15, 0.2) is 18.3 Å². The van der Waals surface area contributed by atoms with E-state index in [4.69, 9.17) is 37.3 Å². The third-order valence-electron chi connectivity index (χ3n) is 5.50. The van der Waals surface area contributed by atoms with Crippen molar-refractivity contribution in [3.63, 3.8) is 0 Å². The van der Waals surface area contributed by atoms with Gasteiger partial charge in [0.25, 0.3) is 0 Å². The van der Waals surface area contributed by atoms with Gasteiger partial charge in [-0.1, -0.05) is 60.7 Å². The number of carbonyl (C=O) groups is 4. The Bertz CT molecular complexity index is 1100. The Labute approximate surface area is 239 Å². The molecule has 13 heteroatoms. The minimum atomic E-state index is -2.17. The molecule has 0 N–H and O–H groups in total. The first-order valence-corrected chi connectivity index (χ1v) is 13.8. The van der Waals surface area contributed by atoms with Gasteiger partial charge in [0.1, 0.15) is 12.7 Å². The highest BCUT2D eigenvalue weighted by Gasteiger charge is 2.53. The summed E-state index contributed by atoms with van der Waals surface area (Å²) in [6.45, 7) is 4.47. The summed E-state index contributed by atoms with van der Waals surface area (Å²) in [7, 11) is -2.17. The van der Waals surface area contributed by atoms with Crippen LogP contribution >= 0.6 is 8.60 Å². The van der Waals surface area contributed by atoms with E-state index in [-0.39, 0.29) is 19.8 Å². The van der Waals surface area contributed by atoms with Crippen molar-refractivity contribution in [3.8, 4) is 0 Å².